The summed E-state index contributed by atoms with van der Waals surface area (Å²) < 4.78 is 2.26. The van der Waals surface area contributed by atoms with Crippen molar-refractivity contribution in [1.82, 2.24) is 29.9 Å². The van der Waals surface area contributed by atoms with Gasteiger partial charge in [0.25, 0.3) is 0 Å². The fourth-order valence-corrected chi connectivity index (χ4v) is 6.99. The zero-order valence-electron chi connectivity index (χ0n) is 23.8. The Hall–Kier alpha value is -5.92. The van der Waals surface area contributed by atoms with Crippen molar-refractivity contribution in [3.8, 4) is 45.6 Å². The lowest BCUT2D eigenvalue weighted by atomic mass is 10.1. The van der Waals surface area contributed by atoms with E-state index in [9.17, 15) is 0 Å². The zero-order valence-corrected chi connectivity index (χ0v) is 24.6. The first-order valence-electron chi connectivity index (χ1n) is 14.6. The Morgan fingerprint density at radius 1 is 0.444 bits per heavy atom. The van der Waals surface area contributed by atoms with Crippen LogP contribution in [0.1, 0.15) is 0 Å². The average Bonchev–Trinajstić information content (AvgIpc) is 3.50. The second kappa shape index (κ2) is 10.4. The standard InChI is InChI=1S/C38H22N6S/c1-3-8-25(9-4-1)36-42-37(26-10-5-2-6-11-26)44-38(43-36)27-16-18-31-29(22-27)28-19-21-40-34(35(28)45-31)30-17-15-24-14-13-23-12-7-20-39-32(23)33(24)41-30/h1-22H. The van der Waals surface area contributed by atoms with E-state index >= 15 is 0 Å². The van der Waals surface area contributed by atoms with Crippen LogP contribution < -0.4 is 0 Å². The van der Waals surface area contributed by atoms with Gasteiger partial charge in [0.05, 0.1) is 21.4 Å². The molecule has 0 radical (unpaired) electrons. The highest BCUT2D eigenvalue weighted by Crippen LogP contribution is 2.40. The number of benzene rings is 4. The molecule has 0 unspecified atom stereocenters. The molecule has 7 heteroatoms. The molecule has 5 heterocycles. The number of aromatic nitrogens is 6. The van der Waals surface area contributed by atoms with Crippen LogP contribution in [-0.4, -0.2) is 29.9 Å². The molecule has 0 saturated heterocycles. The van der Waals surface area contributed by atoms with Gasteiger partial charge in [-0.2, -0.15) is 0 Å². The molecule has 0 amide bonds. The minimum absolute atomic E-state index is 0.633. The third-order valence-electron chi connectivity index (χ3n) is 8.02. The molecule has 0 saturated carbocycles. The Kier molecular flexibility index (Phi) is 5.89. The maximum Gasteiger partial charge on any atom is 0.164 e. The maximum absolute atomic E-state index is 5.09. The molecule has 0 bridgehead atoms. The Balaban J connectivity index is 1.21. The number of pyridine rings is 3. The second-order valence-electron chi connectivity index (χ2n) is 10.8. The molecule has 9 rings (SSSR count). The van der Waals surface area contributed by atoms with Crippen molar-refractivity contribution in [2.24, 2.45) is 0 Å². The van der Waals surface area contributed by atoms with Gasteiger partial charge in [-0.3, -0.25) is 9.97 Å². The highest BCUT2D eigenvalue weighted by Gasteiger charge is 2.17. The highest BCUT2D eigenvalue weighted by molar-refractivity contribution is 7.26. The van der Waals surface area contributed by atoms with Gasteiger partial charge < -0.3 is 0 Å². The molecule has 0 aliphatic carbocycles. The van der Waals surface area contributed by atoms with Crippen molar-refractivity contribution in [3.05, 3.63) is 134 Å². The quantitative estimate of drug-likeness (QED) is 0.189. The van der Waals surface area contributed by atoms with Crippen LogP contribution in [0.15, 0.2) is 134 Å². The molecule has 4 aromatic carbocycles. The molecular formula is C38H22N6S. The lowest BCUT2D eigenvalue weighted by molar-refractivity contribution is 1.07. The van der Waals surface area contributed by atoms with Crippen LogP contribution in [0.25, 0.3) is 87.5 Å². The van der Waals surface area contributed by atoms with E-state index in [1.165, 1.54) is 0 Å². The SMILES string of the molecule is c1ccc(-c2nc(-c3ccccc3)nc(-c3ccc4sc5c(-c6ccc7ccc8cccnc8c7n6)nccc5c4c3)n2)cc1. The molecule has 0 aliphatic heterocycles. The highest BCUT2D eigenvalue weighted by atomic mass is 32.1. The summed E-state index contributed by atoms with van der Waals surface area (Å²) in [6, 6.07) is 41.0. The molecular weight excluding hydrogens is 573 g/mol. The minimum Gasteiger partial charge on any atom is -0.254 e. The smallest absolute Gasteiger partial charge is 0.164 e. The largest absolute Gasteiger partial charge is 0.254 e. The van der Waals surface area contributed by atoms with E-state index in [0.29, 0.717) is 17.5 Å². The van der Waals surface area contributed by atoms with E-state index in [1.54, 1.807) is 11.3 Å². The van der Waals surface area contributed by atoms with Crippen molar-refractivity contribution < 1.29 is 0 Å². The molecule has 0 atom stereocenters. The van der Waals surface area contributed by atoms with E-state index < -0.39 is 0 Å². The van der Waals surface area contributed by atoms with Gasteiger partial charge in [0.1, 0.15) is 5.69 Å². The Morgan fingerprint density at radius 3 is 1.84 bits per heavy atom. The fraction of sp³-hybridized carbons (Fsp3) is 0. The Bertz CT molecular complexity index is 2490. The molecule has 6 nitrogen and oxygen atoms in total. The van der Waals surface area contributed by atoms with E-state index in [-0.39, 0.29) is 0 Å². The number of rotatable bonds is 4. The lowest BCUT2D eigenvalue weighted by Crippen LogP contribution is -2.00. The van der Waals surface area contributed by atoms with Crippen molar-refractivity contribution in [1.29, 1.82) is 0 Å². The van der Waals surface area contributed by atoms with Gasteiger partial charge in [-0.15, -0.1) is 11.3 Å². The van der Waals surface area contributed by atoms with E-state index in [4.69, 9.17) is 24.9 Å². The summed E-state index contributed by atoms with van der Waals surface area (Å²) in [5.74, 6) is 1.92. The average molecular weight is 595 g/mol. The fourth-order valence-electron chi connectivity index (χ4n) is 5.82. The summed E-state index contributed by atoms with van der Waals surface area (Å²) in [4.78, 5) is 29.3. The van der Waals surface area contributed by atoms with Crippen molar-refractivity contribution in [2.45, 2.75) is 0 Å². The maximum atomic E-state index is 5.09. The van der Waals surface area contributed by atoms with Gasteiger partial charge in [-0.25, -0.2) is 19.9 Å². The molecule has 9 aromatic rings. The molecule has 210 valence electrons. The lowest BCUT2D eigenvalue weighted by Gasteiger charge is -2.08. The number of hydrogen-bond acceptors (Lipinski definition) is 7. The van der Waals surface area contributed by atoms with Gasteiger partial charge in [-0.1, -0.05) is 84.9 Å². The van der Waals surface area contributed by atoms with Crippen molar-refractivity contribution >= 4 is 53.3 Å². The van der Waals surface area contributed by atoms with Crippen LogP contribution in [0.3, 0.4) is 0 Å². The first-order valence-corrected chi connectivity index (χ1v) is 15.4. The summed E-state index contributed by atoms with van der Waals surface area (Å²) in [6.07, 6.45) is 3.68. The number of hydrogen-bond donors (Lipinski definition) is 0. The summed E-state index contributed by atoms with van der Waals surface area (Å²) in [5.41, 5.74) is 6.29. The van der Waals surface area contributed by atoms with Crippen LogP contribution in [0, 0.1) is 0 Å². The van der Waals surface area contributed by atoms with E-state index in [1.807, 2.05) is 79.1 Å². The number of fused-ring (bicyclic) bond motifs is 6. The van der Waals surface area contributed by atoms with Crippen LogP contribution in [-0.2, 0) is 0 Å². The second-order valence-corrected chi connectivity index (χ2v) is 11.8. The molecule has 0 spiro atoms. The van der Waals surface area contributed by atoms with Crippen LogP contribution in [0.2, 0.25) is 0 Å². The summed E-state index contributed by atoms with van der Waals surface area (Å²) in [5, 5.41) is 4.38. The Morgan fingerprint density at radius 2 is 1.11 bits per heavy atom. The normalized spacial score (nSPS) is 11.6. The summed E-state index contributed by atoms with van der Waals surface area (Å²) in [6.45, 7) is 0. The Labute approximate surface area is 261 Å². The molecule has 0 N–H and O–H groups in total. The molecule has 45 heavy (non-hydrogen) atoms. The monoisotopic (exact) mass is 594 g/mol. The zero-order chi connectivity index (χ0) is 29.7. The predicted molar refractivity (Wildman–Crippen MR) is 183 cm³/mol. The summed E-state index contributed by atoms with van der Waals surface area (Å²) >= 11 is 1.72. The minimum atomic E-state index is 0.633. The topological polar surface area (TPSA) is 77.3 Å². The van der Waals surface area contributed by atoms with E-state index in [0.717, 1.165) is 70.1 Å². The van der Waals surface area contributed by atoms with E-state index in [2.05, 4.69) is 59.6 Å². The molecule has 0 aliphatic rings. The van der Waals surface area contributed by atoms with Crippen LogP contribution >= 0.6 is 11.3 Å². The van der Waals surface area contributed by atoms with Crippen molar-refractivity contribution in [2.75, 3.05) is 0 Å². The van der Waals surface area contributed by atoms with Crippen molar-refractivity contribution in [3.63, 3.8) is 0 Å². The molecule has 0 fully saturated rings. The van der Waals surface area contributed by atoms with Gasteiger partial charge in [0, 0.05) is 55.3 Å². The predicted octanol–water partition coefficient (Wildman–Crippen LogP) is 9.40. The third kappa shape index (κ3) is 4.41. The third-order valence-corrected chi connectivity index (χ3v) is 9.21. The van der Waals surface area contributed by atoms with Gasteiger partial charge in [0.2, 0.25) is 0 Å². The molecule has 5 aromatic heterocycles. The van der Waals surface area contributed by atoms with Gasteiger partial charge >= 0.3 is 0 Å². The van der Waals surface area contributed by atoms with Gasteiger partial charge in [-0.05, 0) is 36.4 Å². The number of thiophene rings is 1. The summed E-state index contributed by atoms with van der Waals surface area (Å²) in [7, 11) is 0. The van der Waals surface area contributed by atoms with Crippen LogP contribution in [0.5, 0.6) is 0 Å². The van der Waals surface area contributed by atoms with Gasteiger partial charge in [0.15, 0.2) is 17.5 Å². The first kappa shape index (κ1) is 25.6. The number of nitrogens with zero attached hydrogens (tertiary/aromatic N) is 6. The first-order chi connectivity index (χ1) is 22.3. The van der Waals surface area contributed by atoms with Crippen LogP contribution in [0.4, 0.5) is 0 Å².